The van der Waals surface area contributed by atoms with Crippen molar-refractivity contribution < 1.29 is 14.7 Å². The van der Waals surface area contributed by atoms with Crippen molar-refractivity contribution in [3.05, 3.63) is 24.3 Å². The van der Waals surface area contributed by atoms with Gasteiger partial charge in [-0.25, -0.2) is 9.59 Å². The monoisotopic (exact) mass is 251 g/mol. The third-order valence-corrected chi connectivity index (χ3v) is 2.33. The first kappa shape index (κ1) is 13.8. The van der Waals surface area contributed by atoms with Gasteiger partial charge >= 0.3 is 12.1 Å². The van der Waals surface area contributed by atoms with E-state index >= 15 is 0 Å². The van der Waals surface area contributed by atoms with Crippen LogP contribution in [0.25, 0.3) is 0 Å². The molecule has 6 heteroatoms. The summed E-state index contributed by atoms with van der Waals surface area (Å²) < 4.78 is 0. The third-order valence-electron chi connectivity index (χ3n) is 2.33. The van der Waals surface area contributed by atoms with Gasteiger partial charge in [-0.3, -0.25) is 4.90 Å². The zero-order valence-electron chi connectivity index (χ0n) is 10.6. The Balaban J connectivity index is 2.99. The summed E-state index contributed by atoms with van der Waals surface area (Å²) in [5.74, 6) is 0. The number of benzene rings is 1. The molecule has 3 N–H and O–H groups in total. The van der Waals surface area contributed by atoms with Crippen molar-refractivity contribution in [3.8, 4) is 0 Å². The second-order valence-electron chi connectivity index (χ2n) is 4.00. The van der Waals surface area contributed by atoms with Crippen LogP contribution in [-0.4, -0.2) is 30.3 Å². The molecule has 1 rings (SSSR count). The first-order valence-corrected chi connectivity index (χ1v) is 5.56. The van der Waals surface area contributed by atoms with Crippen molar-refractivity contribution in [2.75, 3.05) is 17.3 Å². The lowest BCUT2D eigenvalue weighted by atomic mass is 10.2. The number of hydrogen-bond acceptors (Lipinski definition) is 2. The van der Waals surface area contributed by atoms with E-state index in [0.717, 1.165) is 0 Å². The predicted molar refractivity (Wildman–Crippen MR) is 70.2 cm³/mol. The van der Waals surface area contributed by atoms with Crippen molar-refractivity contribution in [2.24, 2.45) is 0 Å². The lowest BCUT2D eigenvalue weighted by molar-refractivity contribution is 0.200. The van der Waals surface area contributed by atoms with Gasteiger partial charge in [-0.1, -0.05) is 6.07 Å². The van der Waals surface area contributed by atoms with E-state index in [-0.39, 0.29) is 12.1 Å². The zero-order valence-corrected chi connectivity index (χ0v) is 10.6. The van der Waals surface area contributed by atoms with Gasteiger partial charge in [-0.05, 0) is 32.0 Å². The standard InChI is InChI=1S/C12H17N3O3/c1-8(2)15(12(17)18)10-6-4-5-9(7-10)14-11(16)13-3/h4-8H,1-3H3,(H,17,18)(H2,13,14,16). The van der Waals surface area contributed by atoms with Crippen LogP contribution in [0.4, 0.5) is 21.0 Å². The van der Waals surface area contributed by atoms with Crippen LogP contribution in [0.2, 0.25) is 0 Å². The maximum absolute atomic E-state index is 11.2. The van der Waals surface area contributed by atoms with Gasteiger partial charge in [0.2, 0.25) is 0 Å². The lowest BCUT2D eigenvalue weighted by Gasteiger charge is -2.23. The van der Waals surface area contributed by atoms with Crippen LogP contribution in [0.1, 0.15) is 13.8 Å². The van der Waals surface area contributed by atoms with Crippen LogP contribution >= 0.6 is 0 Å². The summed E-state index contributed by atoms with van der Waals surface area (Å²) in [4.78, 5) is 23.6. The highest BCUT2D eigenvalue weighted by Crippen LogP contribution is 2.21. The maximum atomic E-state index is 11.2. The molecule has 0 spiro atoms. The first-order chi connectivity index (χ1) is 8.45. The fourth-order valence-corrected chi connectivity index (χ4v) is 1.56. The molecular formula is C12H17N3O3. The fraction of sp³-hybridized carbons (Fsp3) is 0.333. The van der Waals surface area contributed by atoms with Crippen LogP contribution < -0.4 is 15.5 Å². The highest BCUT2D eigenvalue weighted by atomic mass is 16.4. The van der Waals surface area contributed by atoms with E-state index in [1.165, 1.54) is 11.9 Å². The van der Waals surface area contributed by atoms with Crippen molar-refractivity contribution in [3.63, 3.8) is 0 Å². The Kier molecular flexibility index (Phi) is 4.53. The minimum Gasteiger partial charge on any atom is -0.465 e. The molecule has 0 aliphatic rings. The average molecular weight is 251 g/mol. The number of nitrogens with one attached hydrogen (secondary N) is 2. The zero-order chi connectivity index (χ0) is 13.7. The molecular weight excluding hydrogens is 234 g/mol. The van der Waals surface area contributed by atoms with Crippen LogP contribution in [-0.2, 0) is 0 Å². The Labute approximate surface area is 106 Å². The first-order valence-electron chi connectivity index (χ1n) is 5.56. The second-order valence-corrected chi connectivity index (χ2v) is 4.00. The number of urea groups is 1. The minimum absolute atomic E-state index is 0.183. The van der Waals surface area contributed by atoms with Crippen molar-refractivity contribution in [1.82, 2.24) is 5.32 Å². The van der Waals surface area contributed by atoms with Crippen molar-refractivity contribution >= 4 is 23.5 Å². The minimum atomic E-state index is -1.03. The largest absolute Gasteiger partial charge is 0.465 e. The molecule has 18 heavy (non-hydrogen) atoms. The summed E-state index contributed by atoms with van der Waals surface area (Å²) in [6, 6.07) is 6.15. The number of hydrogen-bond donors (Lipinski definition) is 3. The lowest BCUT2D eigenvalue weighted by Crippen LogP contribution is -2.35. The molecule has 1 aromatic rings. The normalized spacial score (nSPS) is 10.0. The van der Waals surface area contributed by atoms with E-state index < -0.39 is 6.09 Å². The van der Waals surface area contributed by atoms with Gasteiger partial charge in [0.05, 0.1) is 0 Å². The molecule has 0 bridgehead atoms. The molecule has 0 aliphatic heterocycles. The summed E-state index contributed by atoms with van der Waals surface area (Å²) in [6.07, 6.45) is -1.03. The molecule has 0 radical (unpaired) electrons. The topological polar surface area (TPSA) is 81.7 Å². The molecule has 0 saturated carbocycles. The number of rotatable bonds is 3. The Bertz CT molecular complexity index is 446. The number of anilines is 2. The molecule has 3 amide bonds. The van der Waals surface area contributed by atoms with Crippen LogP contribution in [0, 0.1) is 0 Å². The smallest absolute Gasteiger partial charge is 0.412 e. The van der Waals surface area contributed by atoms with Crippen LogP contribution in [0.5, 0.6) is 0 Å². The van der Waals surface area contributed by atoms with Gasteiger partial charge in [0.25, 0.3) is 0 Å². The highest BCUT2D eigenvalue weighted by molar-refractivity contribution is 5.91. The van der Waals surface area contributed by atoms with E-state index in [1.54, 1.807) is 38.1 Å². The van der Waals surface area contributed by atoms with E-state index in [0.29, 0.717) is 11.4 Å². The molecule has 0 fully saturated rings. The van der Waals surface area contributed by atoms with E-state index in [9.17, 15) is 9.59 Å². The molecule has 0 unspecified atom stereocenters. The SMILES string of the molecule is CNC(=O)Nc1cccc(N(C(=O)O)C(C)C)c1. The summed E-state index contributed by atoms with van der Waals surface area (Å²) in [6.45, 7) is 3.57. The molecule has 0 atom stereocenters. The average Bonchev–Trinajstić information content (AvgIpc) is 2.28. The number of carbonyl (C=O) groups is 2. The van der Waals surface area contributed by atoms with Gasteiger partial charge in [0, 0.05) is 24.5 Å². The summed E-state index contributed by atoms with van der Waals surface area (Å²) in [5, 5.41) is 14.2. The summed E-state index contributed by atoms with van der Waals surface area (Å²) in [7, 11) is 1.51. The van der Waals surface area contributed by atoms with E-state index in [1.807, 2.05) is 0 Å². The van der Waals surface area contributed by atoms with E-state index in [4.69, 9.17) is 5.11 Å². The van der Waals surface area contributed by atoms with Gasteiger partial charge in [0.1, 0.15) is 0 Å². The maximum Gasteiger partial charge on any atom is 0.412 e. The highest BCUT2D eigenvalue weighted by Gasteiger charge is 2.18. The predicted octanol–water partition coefficient (Wildman–Crippen LogP) is 2.33. The molecule has 6 nitrogen and oxygen atoms in total. The Morgan fingerprint density at radius 1 is 1.33 bits per heavy atom. The Morgan fingerprint density at radius 2 is 2.00 bits per heavy atom. The van der Waals surface area contributed by atoms with Gasteiger partial charge < -0.3 is 15.7 Å². The van der Waals surface area contributed by atoms with Gasteiger partial charge in [-0.2, -0.15) is 0 Å². The number of nitrogens with zero attached hydrogens (tertiary/aromatic N) is 1. The molecule has 0 aliphatic carbocycles. The van der Waals surface area contributed by atoms with Crippen molar-refractivity contribution in [1.29, 1.82) is 0 Å². The van der Waals surface area contributed by atoms with E-state index in [2.05, 4.69) is 10.6 Å². The Morgan fingerprint density at radius 3 is 2.50 bits per heavy atom. The number of amides is 3. The molecule has 1 aromatic carbocycles. The summed E-state index contributed by atoms with van der Waals surface area (Å²) in [5.41, 5.74) is 1.06. The van der Waals surface area contributed by atoms with Crippen LogP contribution in [0.15, 0.2) is 24.3 Å². The number of carboxylic acid groups (broad SMARTS) is 1. The molecule has 0 saturated heterocycles. The Hall–Kier alpha value is -2.24. The van der Waals surface area contributed by atoms with Gasteiger partial charge in [0.15, 0.2) is 0 Å². The molecule has 0 heterocycles. The van der Waals surface area contributed by atoms with Crippen molar-refractivity contribution in [2.45, 2.75) is 19.9 Å². The van der Waals surface area contributed by atoms with Gasteiger partial charge in [-0.15, -0.1) is 0 Å². The van der Waals surface area contributed by atoms with Crippen LogP contribution in [0.3, 0.4) is 0 Å². The fourth-order valence-electron chi connectivity index (χ4n) is 1.56. The molecule has 98 valence electrons. The molecule has 0 aromatic heterocycles. The third kappa shape index (κ3) is 3.38. The summed E-state index contributed by atoms with van der Waals surface area (Å²) >= 11 is 0. The second kappa shape index (κ2) is 5.90. The number of carbonyl (C=O) groups excluding carboxylic acids is 1. The quantitative estimate of drug-likeness (QED) is 0.771.